The second-order valence-corrected chi connectivity index (χ2v) is 5.15. The van der Waals surface area contributed by atoms with Crippen LogP contribution in [0.1, 0.15) is 10.4 Å². The Kier molecular flexibility index (Phi) is 4.62. The van der Waals surface area contributed by atoms with Crippen LogP contribution in [0.25, 0.3) is 11.4 Å². The highest BCUT2D eigenvalue weighted by atomic mass is 35.5. The fourth-order valence-corrected chi connectivity index (χ4v) is 2.13. The number of methoxy groups -OCH3 is 1. The van der Waals surface area contributed by atoms with Crippen LogP contribution in [-0.4, -0.2) is 23.2 Å². The molecule has 0 atom stereocenters. The van der Waals surface area contributed by atoms with Crippen LogP contribution in [-0.2, 0) is 0 Å². The zero-order valence-electron chi connectivity index (χ0n) is 12.6. The van der Waals surface area contributed by atoms with Gasteiger partial charge in [-0.2, -0.15) is 4.98 Å². The quantitative estimate of drug-likeness (QED) is 0.691. The van der Waals surface area contributed by atoms with E-state index in [1.807, 2.05) is 0 Å². The summed E-state index contributed by atoms with van der Waals surface area (Å²) in [7, 11) is 1.50. The molecule has 0 radical (unpaired) electrons. The predicted molar refractivity (Wildman–Crippen MR) is 88.8 cm³/mol. The van der Waals surface area contributed by atoms with Crippen LogP contribution in [0.2, 0.25) is 5.02 Å². The van der Waals surface area contributed by atoms with E-state index in [4.69, 9.17) is 20.9 Å². The van der Waals surface area contributed by atoms with Crippen LogP contribution in [0.4, 0.5) is 6.01 Å². The lowest BCUT2D eigenvalue weighted by atomic mass is 10.2. The number of aromatic nitrogens is 2. The largest absolute Gasteiger partial charge is 0.496 e. The number of para-hydroxylation sites is 1. The number of rotatable bonds is 5. The molecule has 2 N–H and O–H groups in total. The predicted octanol–water partition coefficient (Wildman–Crippen LogP) is 3.16. The van der Waals surface area contributed by atoms with E-state index in [0.717, 1.165) is 5.56 Å². The van der Waals surface area contributed by atoms with Gasteiger partial charge in [-0.3, -0.25) is 10.2 Å². The first-order chi connectivity index (χ1) is 11.7. The maximum atomic E-state index is 12.2. The van der Waals surface area contributed by atoms with Crippen molar-refractivity contribution in [2.24, 2.45) is 0 Å². The second-order valence-electron chi connectivity index (χ2n) is 4.71. The molecule has 0 saturated carbocycles. The molecule has 0 saturated heterocycles. The van der Waals surface area contributed by atoms with Gasteiger partial charge in [-0.25, -0.2) is 5.43 Å². The Balaban J connectivity index is 1.67. The topological polar surface area (TPSA) is 89.3 Å². The molecule has 1 amide bonds. The summed E-state index contributed by atoms with van der Waals surface area (Å²) >= 11 is 5.84. The number of nitrogens with one attached hydrogen (secondary N) is 2. The normalized spacial score (nSPS) is 10.2. The van der Waals surface area contributed by atoms with Gasteiger partial charge >= 0.3 is 6.01 Å². The summed E-state index contributed by atoms with van der Waals surface area (Å²) in [6.45, 7) is 0. The molecule has 3 rings (SSSR count). The first-order valence-corrected chi connectivity index (χ1v) is 7.34. The van der Waals surface area contributed by atoms with E-state index in [-0.39, 0.29) is 6.01 Å². The van der Waals surface area contributed by atoms with Crippen LogP contribution in [0.3, 0.4) is 0 Å². The fourth-order valence-electron chi connectivity index (χ4n) is 2.00. The van der Waals surface area contributed by atoms with Crippen molar-refractivity contribution in [1.82, 2.24) is 15.6 Å². The smallest absolute Gasteiger partial charge is 0.340 e. The van der Waals surface area contributed by atoms with Crippen LogP contribution in [0.15, 0.2) is 53.1 Å². The van der Waals surface area contributed by atoms with Crippen molar-refractivity contribution in [3.8, 4) is 17.1 Å². The summed E-state index contributed by atoms with van der Waals surface area (Å²) in [5.41, 5.74) is 6.17. The minimum atomic E-state index is -0.390. The maximum Gasteiger partial charge on any atom is 0.340 e. The van der Waals surface area contributed by atoms with Gasteiger partial charge in [0, 0.05) is 10.6 Å². The highest BCUT2D eigenvalue weighted by Gasteiger charge is 2.13. The molecule has 0 spiro atoms. The highest BCUT2D eigenvalue weighted by Crippen LogP contribution is 2.20. The first kappa shape index (κ1) is 15.8. The number of benzene rings is 2. The minimum absolute atomic E-state index is 0.0585. The van der Waals surface area contributed by atoms with Gasteiger partial charge in [-0.05, 0) is 36.4 Å². The summed E-state index contributed by atoms with van der Waals surface area (Å²) in [5, 5.41) is 4.45. The number of carbonyl (C=O) groups is 1. The standard InChI is InChI=1S/C16H13ClN4O3/c1-23-13-5-3-2-4-12(13)15(22)19-20-16-18-14(21-24-16)10-6-8-11(17)9-7-10/h2-9H,1H3,(H,19,22)(H,18,20,21). The number of hydrogen-bond donors (Lipinski definition) is 2. The van der Waals surface area contributed by atoms with Gasteiger partial charge in [-0.1, -0.05) is 28.9 Å². The van der Waals surface area contributed by atoms with Crippen molar-refractivity contribution < 1.29 is 14.1 Å². The molecule has 0 aliphatic carbocycles. The molecular weight excluding hydrogens is 332 g/mol. The number of halogens is 1. The molecule has 8 heteroatoms. The molecule has 0 fully saturated rings. The van der Waals surface area contributed by atoms with Gasteiger partial charge in [0.25, 0.3) is 5.91 Å². The Morgan fingerprint density at radius 3 is 2.67 bits per heavy atom. The SMILES string of the molecule is COc1ccccc1C(=O)NNc1nc(-c2ccc(Cl)cc2)no1. The summed E-state index contributed by atoms with van der Waals surface area (Å²) < 4.78 is 10.2. The van der Waals surface area contributed by atoms with Gasteiger partial charge in [-0.15, -0.1) is 0 Å². The lowest BCUT2D eigenvalue weighted by Crippen LogP contribution is -2.29. The lowest BCUT2D eigenvalue weighted by molar-refractivity contribution is 0.0958. The van der Waals surface area contributed by atoms with Crippen molar-refractivity contribution in [2.45, 2.75) is 0 Å². The van der Waals surface area contributed by atoms with Gasteiger partial charge < -0.3 is 9.26 Å². The molecule has 2 aromatic carbocycles. The number of anilines is 1. The van der Waals surface area contributed by atoms with Crippen molar-refractivity contribution in [1.29, 1.82) is 0 Å². The molecule has 24 heavy (non-hydrogen) atoms. The fraction of sp³-hybridized carbons (Fsp3) is 0.0625. The van der Waals surface area contributed by atoms with Gasteiger partial charge in [0.15, 0.2) is 0 Å². The van der Waals surface area contributed by atoms with E-state index in [9.17, 15) is 4.79 Å². The lowest BCUT2D eigenvalue weighted by Gasteiger charge is -2.08. The summed E-state index contributed by atoms with van der Waals surface area (Å²) in [4.78, 5) is 16.3. The summed E-state index contributed by atoms with van der Waals surface area (Å²) in [5.74, 6) is 0.448. The molecular formula is C16H13ClN4O3. The van der Waals surface area contributed by atoms with Crippen molar-refractivity contribution in [2.75, 3.05) is 12.5 Å². The van der Waals surface area contributed by atoms with E-state index in [1.54, 1.807) is 48.5 Å². The average molecular weight is 345 g/mol. The Morgan fingerprint density at radius 2 is 1.92 bits per heavy atom. The third-order valence-corrected chi connectivity index (χ3v) is 3.41. The Morgan fingerprint density at radius 1 is 1.17 bits per heavy atom. The minimum Gasteiger partial charge on any atom is -0.496 e. The van der Waals surface area contributed by atoms with Crippen LogP contribution < -0.4 is 15.6 Å². The van der Waals surface area contributed by atoms with E-state index in [0.29, 0.717) is 22.2 Å². The molecule has 0 bridgehead atoms. The summed E-state index contributed by atoms with van der Waals surface area (Å²) in [6, 6.07) is 13.9. The molecule has 3 aromatic rings. The average Bonchev–Trinajstić information content (AvgIpc) is 3.09. The molecule has 7 nitrogen and oxygen atoms in total. The van der Waals surface area contributed by atoms with E-state index < -0.39 is 5.91 Å². The number of hydrazine groups is 1. The first-order valence-electron chi connectivity index (χ1n) is 6.96. The number of ether oxygens (including phenoxy) is 1. The Bertz CT molecular complexity index is 849. The van der Waals surface area contributed by atoms with Crippen molar-refractivity contribution >= 4 is 23.5 Å². The monoisotopic (exact) mass is 344 g/mol. The number of amides is 1. The second kappa shape index (κ2) is 7.01. The molecule has 0 unspecified atom stereocenters. The van der Waals surface area contributed by atoms with E-state index in [1.165, 1.54) is 7.11 Å². The van der Waals surface area contributed by atoms with E-state index in [2.05, 4.69) is 21.0 Å². The third-order valence-electron chi connectivity index (χ3n) is 3.16. The van der Waals surface area contributed by atoms with Gasteiger partial charge in [0.1, 0.15) is 5.75 Å². The van der Waals surface area contributed by atoms with E-state index >= 15 is 0 Å². The Hall–Kier alpha value is -3.06. The molecule has 1 heterocycles. The van der Waals surface area contributed by atoms with Crippen LogP contribution in [0.5, 0.6) is 5.75 Å². The zero-order valence-corrected chi connectivity index (χ0v) is 13.4. The zero-order chi connectivity index (χ0) is 16.9. The maximum absolute atomic E-state index is 12.2. The third kappa shape index (κ3) is 3.47. The van der Waals surface area contributed by atoms with Crippen molar-refractivity contribution in [3.63, 3.8) is 0 Å². The molecule has 0 aliphatic heterocycles. The van der Waals surface area contributed by atoms with Gasteiger partial charge in [0.2, 0.25) is 5.82 Å². The number of hydrogen-bond acceptors (Lipinski definition) is 6. The Labute approximate surface area is 142 Å². The van der Waals surface area contributed by atoms with Crippen LogP contribution in [0, 0.1) is 0 Å². The summed E-state index contributed by atoms with van der Waals surface area (Å²) in [6.07, 6.45) is 0. The number of carbonyl (C=O) groups excluding carboxylic acids is 1. The molecule has 1 aromatic heterocycles. The molecule has 0 aliphatic rings. The molecule has 122 valence electrons. The van der Waals surface area contributed by atoms with Crippen molar-refractivity contribution in [3.05, 3.63) is 59.1 Å². The van der Waals surface area contributed by atoms with Gasteiger partial charge in [0.05, 0.1) is 12.7 Å². The number of nitrogens with zero attached hydrogens (tertiary/aromatic N) is 2. The highest BCUT2D eigenvalue weighted by molar-refractivity contribution is 6.30. The van der Waals surface area contributed by atoms with Crippen LogP contribution >= 0.6 is 11.6 Å².